The van der Waals surface area contributed by atoms with Gasteiger partial charge in [0.15, 0.2) is 0 Å². The standard InChI is InChI=1S/C17H25NO5/c1-4-8-14(15(22-3)11-16(19)20)18(2)17(21)23-12-13-9-6-5-7-10-13/h5-7,9-10,14-15H,4,8,11-12H2,1-3H3,(H,19,20)/t14-,15+/m0/s1. The van der Waals surface area contributed by atoms with Crippen LogP contribution >= 0.6 is 0 Å². The summed E-state index contributed by atoms with van der Waals surface area (Å²) >= 11 is 0. The predicted molar refractivity (Wildman–Crippen MR) is 86.1 cm³/mol. The van der Waals surface area contributed by atoms with E-state index in [4.69, 9.17) is 14.6 Å². The fourth-order valence-electron chi connectivity index (χ4n) is 2.43. The quantitative estimate of drug-likeness (QED) is 0.756. The second kappa shape index (κ2) is 9.84. The molecule has 1 N–H and O–H groups in total. The Hall–Kier alpha value is -2.08. The van der Waals surface area contributed by atoms with Gasteiger partial charge in [-0.15, -0.1) is 0 Å². The number of ether oxygens (including phenoxy) is 2. The van der Waals surface area contributed by atoms with Gasteiger partial charge in [-0.25, -0.2) is 4.79 Å². The first-order valence-corrected chi connectivity index (χ1v) is 7.67. The summed E-state index contributed by atoms with van der Waals surface area (Å²) in [5.41, 5.74) is 0.898. The highest BCUT2D eigenvalue weighted by atomic mass is 16.6. The molecule has 0 aliphatic carbocycles. The lowest BCUT2D eigenvalue weighted by atomic mass is 10.0. The van der Waals surface area contributed by atoms with Gasteiger partial charge >= 0.3 is 12.1 Å². The molecule has 1 aromatic rings. The maximum Gasteiger partial charge on any atom is 0.410 e. The van der Waals surface area contributed by atoms with Crippen molar-refractivity contribution >= 4 is 12.1 Å². The Balaban J connectivity index is 2.69. The second-order valence-corrected chi connectivity index (χ2v) is 5.38. The Morgan fingerprint density at radius 2 is 1.91 bits per heavy atom. The zero-order chi connectivity index (χ0) is 17.2. The fraction of sp³-hybridized carbons (Fsp3) is 0.529. The minimum absolute atomic E-state index is 0.155. The van der Waals surface area contributed by atoms with Crippen LogP contribution in [0.25, 0.3) is 0 Å². The molecule has 0 fully saturated rings. The number of benzene rings is 1. The van der Waals surface area contributed by atoms with Gasteiger partial charge in [0, 0.05) is 14.2 Å². The van der Waals surface area contributed by atoms with E-state index in [0.29, 0.717) is 6.42 Å². The van der Waals surface area contributed by atoms with Crippen molar-refractivity contribution in [3.05, 3.63) is 35.9 Å². The van der Waals surface area contributed by atoms with Crippen molar-refractivity contribution in [2.24, 2.45) is 0 Å². The van der Waals surface area contributed by atoms with Gasteiger partial charge in [-0.1, -0.05) is 43.7 Å². The molecule has 128 valence electrons. The number of rotatable bonds is 9. The Morgan fingerprint density at radius 1 is 1.26 bits per heavy atom. The van der Waals surface area contributed by atoms with Crippen molar-refractivity contribution in [1.82, 2.24) is 4.90 Å². The van der Waals surface area contributed by atoms with Crippen LogP contribution in [0.1, 0.15) is 31.7 Å². The van der Waals surface area contributed by atoms with Gasteiger partial charge in [-0.3, -0.25) is 4.79 Å². The summed E-state index contributed by atoms with van der Waals surface area (Å²) in [5.74, 6) is -0.955. The normalized spacial score (nSPS) is 13.2. The fourth-order valence-corrected chi connectivity index (χ4v) is 2.43. The Morgan fingerprint density at radius 3 is 2.43 bits per heavy atom. The van der Waals surface area contributed by atoms with Gasteiger partial charge in [0.05, 0.1) is 18.6 Å². The zero-order valence-electron chi connectivity index (χ0n) is 13.9. The molecule has 0 unspecified atom stereocenters. The molecule has 0 saturated carbocycles. The molecule has 2 atom stereocenters. The van der Waals surface area contributed by atoms with E-state index in [-0.39, 0.29) is 19.1 Å². The number of carbonyl (C=O) groups is 2. The molecule has 0 radical (unpaired) electrons. The average Bonchev–Trinajstić information content (AvgIpc) is 2.55. The first-order chi connectivity index (χ1) is 11.0. The first kappa shape index (κ1) is 19.0. The number of carbonyl (C=O) groups excluding carboxylic acids is 1. The molecule has 0 aliphatic rings. The van der Waals surface area contributed by atoms with E-state index in [1.165, 1.54) is 12.0 Å². The maximum atomic E-state index is 12.2. The van der Waals surface area contributed by atoms with Crippen LogP contribution in [0, 0.1) is 0 Å². The lowest BCUT2D eigenvalue weighted by Crippen LogP contribution is -2.46. The van der Waals surface area contributed by atoms with Crippen LogP contribution in [0.4, 0.5) is 4.79 Å². The highest BCUT2D eigenvalue weighted by Gasteiger charge is 2.30. The Labute approximate surface area is 137 Å². The third kappa shape index (κ3) is 6.28. The third-order valence-corrected chi connectivity index (χ3v) is 3.68. The van der Waals surface area contributed by atoms with Crippen molar-refractivity contribution in [1.29, 1.82) is 0 Å². The van der Waals surface area contributed by atoms with Crippen molar-refractivity contribution in [3.63, 3.8) is 0 Å². The number of aliphatic carboxylic acids is 1. The third-order valence-electron chi connectivity index (χ3n) is 3.68. The lowest BCUT2D eigenvalue weighted by Gasteiger charge is -2.32. The molecule has 0 aromatic heterocycles. The summed E-state index contributed by atoms with van der Waals surface area (Å²) in [7, 11) is 3.07. The van der Waals surface area contributed by atoms with E-state index in [0.717, 1.165) is 12.0 Å². The van der Waals surface area contributed by atoms with Crippen LogP contribution in [0.2, 0.25) is 0 Å². The second-order valence-electron chi connectivity index (χ2n) is 5.38. The molecule has 6 heteroatoms. The van der Waals surface area contributed by atoms with Crippen LogP contribution in [0.15, 0.2) is 30.3 Å². The molecule has 0 bridgehead atoms. The largest absolute Gasteiger partial charge is 0.481 e. The number of nitrogens with zero attached hydrogens (tertiary/aromatic N) is 1. The van der Waals surface area contributed by atoms with Crippen molar-refractivity contribution in [2.75, 3.05) is 14.2 Å². The predicted octanol–water partition coefficient (Wildman–Crippen LogP) is 2.91. The van der Waals surface area contributed by atoms with E-state index in [9.17, 15) is 9.59 Å². The first-order valence-electron chi connectivity index (χ1n) is 7.67. The molecular formula is C17H25NO5. The number of hydrogen-bond acceptors (Lipinski definition) is 4. The SMILES string of the molecule is CCC[C@@H]([C@@H](CC(=O)O)OC)N(C)C(=O)OCc1ccccc1. The average molecular weight is 323 g/mol. The zero-order valence-corrected chi connectivity index (χ0v) is 13.9. The number of likely N-dealkylation sites (N-methyl/N-ethyl adjacent to an activating group) is 1. The van der Waals surface area contributed by atoms with Gasteiger partial charge in [-0.2, -0.15) is 0 Å². The number of carboxylic acid groups (broad SMARTS) is 1. The summed E-state index contributed by atoms with van der Waals surface area (Å²) < 4.78 is 10.6. The van der Waals surface area contributed by atoms with Gasteiger partial charge in [0.1, 0.15) is 6.61 Å². The molecule has 0 heterocycles. The van der Waals surface area contributed by atoms with Gasteiger partial charge in [-0.05, 0) is 12.0 Å². The van der Waals surface area contributed by atoms with Crippen LogP contribution in [0.3, 0.4) is 0 Å². The topological polar surface area (TPSA) is 76.1 Å². The summed E-state index contributed by atoms with van der Waals surface area (Å²) in [6.45, 7) is 2.16. The molecule has 0 aliphatic heterocycles. The summed E-state index contributed by atoms with van der Waals surface area (Å²) in [5, 5.41) is 8.99. The molecule has 1 rings (SSSR count). The van der Waals surface area contributed by atoms with E-state index in [1.807, 2.05) is 37.3 Å². The Kier molecular flexibility index (Phi) is 8.11. The molecule has 6 nitrogen and oxygen atoms in total. The molecule has 23 heavy (non-hydrogen) atoms. The number of amides is 1. The van der Waals surface area contributed by atoms with Gasteiger partial charge < -0.3 is 19.5 Å². The van der Waals surface area contributed by atoms with Crippen molar-refractivity contribution in [3.8, 4) is 0 Å². The van der Waals surface area contributed by atoms with E-state index in [2.05, 4.69) is 0 Å². The Bertz CT molecular complexity index is 491. The molecule has 1 amide bonds. The van der Waals surface area contributed by atoms with E-state index in [1.54, 1.807) is 7.05 Å². The van der Waals surface area contributed by atoms with Crippen LogP contribution in [0.5, 0.6) is 0 Å². The van der Waals surface area contributed by atoms with Crippen LogP contribution in [-0.2, 0) is 20.9 Å². The number of methoxy groups -OCH3 is 1. The molecule has 0 spiro atoms. The monoisotopic (exact) mass is 323 g/mol. The van der Waals surface area contributed by atoms with Crippen LogP contribution in [-0.4, -0.2) is 48.4 Å². The van der Waals surface area contributed by atoms with Crippen LogP contribution < -0.4 is 0 Å². The highest BCUT2D eigenvalue weighted by molar-refractivity contribution is 5.69. The van der Waals surface area contributed by atoms with Gasteiger partial charge in [0.2, 0.25) is 0 Å². The minimum atomic E-state index is -0.955. The van der Waals surface area contributed by atoms with Crippen molar-refractivity contribution < 1.29 is 24.2 Å². The van der Waals surface area contributed by atoms with E-state index < -0.39 is 18.2 Å². The molecule has 0 saturated heterocycles. The maximum absolute atomic E-state index is 12.2. The highest BCUT2D eigenvalue weighted by Crippen LogP contribution is 2.17. The number of carboxylic acids is 1. The smallest absolute Gasteiger partial charge is 0.410 e. The molecule has 1 aromatic carbocycles. The van der Waals surface area contributed by atoms with Crippen molar-refractivity contribution in [2.45, 2.75) is 44.9 Å². The number of hydrogen-bond donors (Lipinski definition) is 1. The lowest BCUT2D eigenvalue weighted by molar-refractivity contribution is -0.141. The van der Waals surface area contributed by atoms with E-state index >= 15 is 0 Å². The summed E-state index contributed by atoms with van der Waals surface area (Å²) in [6, 6.07) is 9.05. The summed E-state index contributed by atoms with van der Waals surface area (Å²) in [4.78, 5) is 24.6. The van der Waals surface area contributed by atoms with Gasteiger partial charge in [0.25, 0.3) is 0 Å². The molecular weight excluding hydrogens is 298 g/mol. The minimum Gasteiger partial charge on any atom is -0.481 e. The summed E-state index contributed by atoms with van der Waals surface area (Å²) in [6.07, 6.45) is 0.238.